The molecule has 1 heterocycles. The van der Waals surface area contributed by atoms with E-state index in [1.54, 1.807) is 30.1 Å². The Morgan fingerprint density at radius 1 is 1.50 bits per heavy atom. The summed E-state index contributed by atoms with van der Waals surface area (Å²) in [7, 11) is 1.70. The molecule has 5 nitrogen and oxygen atoms in total. The number of likely N-dealkylation sites (N-methyl/N-ethyl adjacent to an activating group) is 1. The Morgan fingerprint density at radius 2 is 2.23 bits per heavy atom. The molecule has 1 amide bonds. The zero-order chi connectivity index (χ0) is 15.2. The Hall–Kier alpha value is -1.37. The third-order valence-corrected chi connectivity index (χ3v) is 3.48. The predicted octanol–water partition coefficient (Wildman–Crippen LogP) is 1.46. The van der Waals surface area contributed by atoms with Crippen molar-refractivity contribution in [2.75, 3.05) is 33.4 Å². The van der Waals surface area contributed by atoms with Crippen LogP contribution in [0.4, 0.5) is 4.39 Å². The van der Waals surface area contributed by atoms with Crippen LogP contribution in [0.3, 0.4) is 0 Å². The molecule has 0 saturated carbocycles. The minimum absolute atomic E-state index is 0. The number of morpholine rings is 1. The first-order valence-corrected chi connectivity index (χ1v) is 7.07. The third-order valence-electron chi connectivity index (χ3n) is 3.48. The van der Waals surface area contributed by atoms with E-state index in [2.05, 4.69) is 5.32 Å². The molecule has 1 aliphatic rings. The van der Waals surface area contributed by atoms with Gasteiger partial charge in [-0.1, -0.05) is 12.1 Å². The molecule has 1 aliphatic heterocycles. The summed E-state index contributed by atoms with van der Waals surface area (Å²) >= 11 is 0. The Balaban J connectivity index is 0.00000242. The van der Waals surface area contributed by atoms with Crippen molar-refractivity contribution < 1.29 is 18.7 Å². The smallest absolute Gasteiger partial charge is 0.242 e. The van der Waals surface area contributed by atoms with Crippen LogP contribution in [0.1, 0.15) is 6.92 Å². The summed E-state index contributed by atoms with van der Waals surface area (Å²) in [6, 6.07) is 5.88. The predicted molar refractivity (Wildman–Crippen MR) is 84.0 cm³/mol. The van der Waals surface area contributed by atoms with Gasteiger partial charge in [0.05, 0.1) is 19.3 Å². The Kier molecular flexibility index (Phi) is 7.58. The minimum Gasteiger partial charge on any atom is -0.489 e. The molecule has 124 valence electrons. The fourth-order valence-corrected chi connectivity index (χ4v) is 2.21. The topological polar surface area (TPSA) is 50.8 Å². The molecule has 2 rings (SSSR count). The number of para-hydroxylation sites is 1. The van der Waals surface area contributed by atoms with E-state index in [1.807, 2.05) is 6.92 Å². The van der Waals surface area contributed by atoms with Crippen molar-refractivity contribution >= 4 is 18.3 Å². The first-order chi connectivity index (χ1) is 10.1. The van der Waals surface area contributed by atoms with Gasteiger partial charge in [-0.3, -0.25) is 4.79 Å². The second-order valence-electron chi connectivity index (χ2n) is 5.05. The normalized spacial score (nSPS) is 20.9. The Morgan fingerprint density at radius 3 is 2.91 bits per heavy atom. The van der Waals surface area contributed by atoms with Crippen molar-refractivity contribution in [2.24, 2.45) is 0 Å². The molecule has 1 aromatic carbocycles. The summed E-state index contributed by atoms with van der Waals surface area (Å²) in [6.07, 6.45) is -0.152. The molecule has 0 radical (unpaired) electrons. The van der Waals surface area contributed by atoms with Crippen molar-refractivity contribution in [3.8, 4) is 5.75 Å². The van der Waals surface area contributed by atoms with E-state index < -0.39 is 5.82 Å². The lowest BCUT2D eigenvalue weighted by Crippen LogP contribution is -2.56. The number of amides is 1. The number of carbonyl (C=O) groups excluding carboxylic acids is 1. The Bertz CT molecular complexity index is 490. The molecule has 7 heteroatoms. The lowest BCUT2D eigenvalue weighted by molar-refractivity contribution is -0.138. The highest BCUT2D eigenvalue weighted by molar-refractivity contribution is 5.85. The van der Waals surface area contributed by atoms with Gasteiger partial charge in [0.1, 0.15) is 12.6 Å². The van der Waals surface area contributed by atoms with E-state index in [-0.39, 0.29) is 42.8 Å². The highest BCUT2D eigenvalue weighted by Crippen LogP contribution is 2.15. The number of nitrogens with one attached hydrogen (secondary N) is 1. The second-order valence-corrected chi connectivity index (χ2v) is 5.05. The molecule has 1 aromatic rings. The van der Waals surface area contributed by atoms with Crippen LogP contribution in [0.25, 0.3) is 0 Å². The quantitative estimate of drug-likeness (QED) is 0.887. The number of halogens is 2. The average molecular weight is 333 g/mol. The number of nitrogens with zero attached hydrogens (tertiary/aromatic N) is 1. The first kappa shape index (κ1) is 18.7. The van der Waals surface area contributed by atoms with E-state index >= 15 is 0 Å². The van der Waals surface area contributed by atoms with E-state index in [9.17, 15) is 9.18 Å². The molecule has 0 bridgehead atoms. The minimum atomic E-state index is -0.401. The number of hydrogen-bond acceptors (Lipinski definition) is 4. The van der Waals surface area contributed by atoms with Crippen LogP contribution in [-0.2, 0) is 9.53 Å². The van der Waals surface area contributed by atoms with Crippen LogP contribution in [0.2, 0.25) is 0 Å². The van der Waals surface area contributed by atoms with Gasteiger partial charge in [-0.15, -0.1) is 12.4 Å². The maximum Gasteiger partial charge on any atom is 0.242 e. The molecule has 1 saturated heterocycles. The van der Waals surface area contributed by atoms with E-state index in [1.165, 1.54) is 6.07 Å². The molecule has 2 atom stereocenters. The fourth-order valence-electron chi connectivity index (χ4n) is 2.21. The van der Waals surface area contributed by atoms with Gasteiger partial charge in [-0.25, -0.2) is 4.39 Å². The van der Waals surface area contributed by atoms with Crippen LogP contribution in [0, 0.1) is 5.82 Å². The highest BCUT2D eigenvalue weighted by atomic mass is 35.5. The third kappa shape index (κ3) is 4.83. The van der Waals surface area contributed by atoms with Crippen molar-refractivity contribution in [2.45, 2.75) is 19.1 Å². The van der Waals surface area contributed by atoms with Crippen LogP contribution < -0.4 is 10.1 Å². The summed E-state index contributed by atoms with van der Waals surface area (Å²) in [5.41, 5.74) is 0. The van der Waals surface area contributed by atoms with Crippen LogP contribution in [0.5, 0.6) is 5.75 Å². The van der Waals surface area contributed by atoms with Gasteiger partial charge in [0.25, 0.3) is 0 Å². The van der Waals surface area contributed by atoms with Gasteiger partial charge in [-0.2, -0.15) is 0 Å². The molecule has 22 heavy (non-hydrogen) atoms. The maximum absolute atomic E-state index is 13.4. The first-order valence-electron chi connectivity index (χ1n) is 7.07. The van der Waals surface area contributed by atoms with Crippen molar-refractivity contribution in [3.05, 3.63) is 30.1 Å². The fraction of sp³-hybridized carbons (Fsp3) is 0.533. The van der Waals surface area contributed by atoms with Crippen LogP contribution in [-0.4, -0.2) is 56.3 Å². The van der Waals surface area contributed by atoms with Crippen molar-refractivity contribution in [1.29, 1.82) is 0 Å². The standard InChI is InChI=1S/C15H21FN2O3.ClH/c1-11-14(17-7-9-20-11)15(19)18(2)8-10-21-13-6-4-3-5-12(13)16;/h3-6,11,14,17H,7-10H2,1-2H3;1H/t11-,14+;/m1./s1. The van der Waals surface area contributed by atoms with Gasteiger partial charge in [0.15, 0.2) is 11.6 Å². The lowest BCUT2D eigenvalue weighted by atomic mass is 10.1. The summed E-state index contributed by atoms with van der Waals surface area (Å²) in [6.45, 7) is 3.78. The molecule has 0 unspecified atom stereocenters. The maximum atomic E-state index is 13.4. The van der Waals surface area contributed by atoms with Gasteiger partial charge >= 0.3 is 0 Å². The van der Waals surface area contributed by atoms with E-state index in [0.29, 0.717) is 19.7 Å². The van der Waals surface area contributed by atoms with E-state index in [4.69, 9.17) is 9.47 Å². The number of hydrogen-bond donors (Lipinski definition) is 1. The van der Waals surface area contributed by atoms with Gasteiger partial charge in [0, 0.05) is 13.6 Å². The number of carbonyl (C=O) groups is 1. The van der Waals surface area contributed by atoms with Gasteiger partial charge < -0.3 is 19.7 Å². The summed E-state index contributed by atoms with van der Waals surface area (Å²) in [5.74, 6) is -0.243. The highest BCUT2D eigenvalue weighted by Gasteiger charge is 2.30. The number of ether oxygens (including phenoxy) is 2. The SMILES string of the molecule is C[C@H]1OCCN[C@@H]1C(=O)N(C)CCOc1ccccc1F.Cl. The molecule has 0 aromatic heterocycles. The zero-order valence-electron chi connectivity index (χ0n) is 12.8. The van der Waals surface area contributed by atoms with Gasteiger partial charge in [0.2, 0.25) is 5.91 Å². The molecule has 0 aliphatic carbocycles. The number of rotatable bonds is 5. The largest absolute Gasteiger partial charge is 0.489 e. The van der Waals surface area contributed by atoms with E-state index in [0.717, 1.165) is 0 Å². The molecular formula is C15H22ClFN2O3. The average Bonchev–Trinajstić information content (AvgIpc) is 2.49. The Labute approximate surface area is 136 Å². The van der Waals surface area contributed by atoms with Crippen LogP contribution in [0.15, 0.2) is 24.3 Å². The molecule has 1 N–H and O–H groups in total. The summed E-state index contributed by atoms with van der Waals surface area (Å²) in [4.78, 5) is 13.8. The van der Waals surface area contributed by atoms with Crippen LogP contribution >= 0.6 is 12.4 Å². The second kappa shape index (κ2) is 8.92. The lowest BCUT2D eigenvalue weighted by Gasteiger charge is -2.32. The summed E-state index contributed by atoms with van der Waals surface area (Å²) in [5, 5.41) is 3.15. The number of benzene rings is 1. The van der Waals surface area contributed by atoms with Gasteiger partial charge in [-0.05, 0) is 19.1 Å². The van der Waals surface area contributed by atoms with Crippen molar-refractivity contribution in [1.82, 2.24) is 10.2 Å². The summed E-state index contributed by atoms with van der Waals surface area (Å²) < 4.78 is 24.2. The van der Waals surface area contributed by atoms with Crippen molar-refractivity contribution in [3.63, 3.8) is 0 Å². The molecular weight excluding hydrogens is 311 g/mol. The molecule has 0 spiro atoms. The zero-order valence-corrected chi connectivity index (χ0v) is 13.6. The molecule has 1 fully saturated rings. The monoisotopic (exact) mass is 332 g/mol.